The Labute approximate surface area is 166 Å². The second-order valence-corrected chi connectivity index (χ2v) is 9.23. The van der Waals surface area contributed by atoms with E-state index in [-0.39, 0.29) is 17.1 Å². The van der Waals surface area contributed by atoms with Gasteiger partial charge in [-0.25, -0.2) is 0 Å². The smallest absolute Gasteiger partial charge is 0.156 e. The lowest BCUT2D eigenvalue weighted by Crippen LogP contribution is -2.43. The number of allylic oxidation sites excluding steroid dienone is 4. The fourth-order valence-electron chi connectivity index (χ4n) is 6.57. The molecule has 4 aliphatic carbocycles. The number of methoxy groups -OCH3 is 1. The first kappa shape index (κ1) is 17.9. The molecule has 0 amide bonds. The van der Waals surface area contributed by atoms with E-state index in [1.54, 1.807) is 12.7 Å². The van der Waals surface area contributed by atoms with Crippen LogP contribution < -0.4 is 4.74 Å². The van der Waals surface area contributed by atoms with Gasteiger partial charge in [-0.2, -0.15) is 0 Å². The van der Waals surface area contributed by atoms with E-state index in [2.05, 4.69) is 19.1 Å². The summed E-state index contributed by atoms with van der Waals surface area (Å²) in [6.07, 6.45) is 8.15. The maximum Gasteiger partial charge on any atom is 0.156 e. The number of hydrogen-bond donors (Lipinski definition) is 0. The van der Waals surface area contributed by atoms with Crippen LogP contribution in [0.25, 0.3) is 0 Å². The number of carbonyl (C=O) groups excluding carboxylic acids is 2. The van der Waals surface area contributed by atoms with Crippen molar-refractivity contribution in [2.75, 3.05) is 7.11 Å². The minimum atomic E-state index is -0.203. The molecular formula is C25H28O3. The zero-order chi connectivity index (χ0) is 19.5. The van der Waals surface area contributed by atoms with Crippen LogP contribution in [0.15, 0.2) is 47.1 Å². The van der Waals surface area contributed by atoms with E-state index in [1.807, 2.05) is 18.2 Å². The van der Waals surface area contributed by atoms with Gasteiger partial charge in [0.05, 0.1) is 7.11 Å². The van der Waals surface area contributed by atoms with Gasteiger partial charge >= 0.3 is 0 Å². The molecule has 28 heavy (non-hydrogen) atoms. The lowest BCUT2D eigenvalue weighted by atomic mass is 9.53. The molecule has 0 aromatic heterocycles. The van der Waals surface area contributed by atoms with Crippen molar-refractivity contribution in [1.82, 2.24) is 0 Å². The third-order valence-corrected chi connectivity index (χ3v) is 7.96. The maximum atomic E-state index is 12.9. The number of Topliss-reactive ketones (excluding diaryl/α,β-unsaturated/α-hetero) is 1. The Morgan fingerprint density at radius 3 is 2.54 bits per heavy atom. The highest BCUT2D eigenvalue weighted by Gasteiger charge is 2.56. The third-order valence-electron chi connectivity index (χ3n) is 7.96. The van der Waals surface area contributed by atoms with Crippen LogP contribution >= 0.6 is 0 Å². The van der Waals surface area contributed by atoms with Crippen molar-refractivity contribution in [2.24, 2.45) is 17.3 Å². The number of benzene rings is 1. The zero-order valence-electron chi connectivity index (χ0n) is 16.8. The van der Waals surface area contributed by atoms with E-state index in [1.165, 1.54) is 16.7 Å². The van der Waals surface area contributed by atoms with E-state index in [0.717, 1.165) is 44.3 Å². The summed E-state index contributed by atoms with van der Waals surface area (Å²) in [5.74, 6) is 2.82. The first-order valence-corrected chi connectivity index (χ1v) is 10.6. The first-order chi connectivity index (χ1) is 13.5. The minimum Gasteiger partial charge on any atom is -0.497 e. The number of rotatable bonds is 2. The first-order valence-electron chi connectivity index (χ1n) is 10.6. The van der Waals surface area contributed by atoms with E-state index in [4.69, 9.17) is 4.74 Å². The Kier molecular flexibility index (Phi) is 4.12. The van der Waals surface area contributed by atoms with Crippen molar-refractivity contribution in [3.63, 3.8) is 0 Å². The van der Waals surface area contributed by atoms with Gasteiger partial charge in [-0.3, -0.25) is 9.59 Å². The molecule has 0 aliphatic heterocycles. The molecule has 0 saturated heterocycles. The van der Waals surface area contributed by atoms with Crippen LogP contribution in [0.4, 0.5) is 0 Å². The van der Waals surface area contributed by atoms with Gasteiger partial charge < -0.3 is 4.74 Å². The number of fused-ring (bicyclic) bond motifs is 4. The highest BCUT2D eigenvalue weighted by molar-refractivity contribution is 5.93. The summed E-state index contributed by atoms with van der Waals surface area (Å²) in [7, 11) is 1.69. The van der Waals surface area contributed by atoms with E-state index >= 15 is 0 Å². The molecule has 0 N–H and O–H groups in total. The molecule has 146 valence electrons. The summed E-state index contributed by atoms with van der Waals surface area (Å²) in [5, 5.41) is 0. The molecule has 0 bridgehead atoms. The highest BCUT2D eigenvalue weighted by atomic mass is 16.5. The second kappa shape index (κ2) is 6.43. The fraction of sp³-hybridized carbons (Fsp3) is 0.520. The van der Waals surface area contributed by atoms with Gasteiger partial charge in [0.25, 0.3) is 0 Å². The molecule has 4 atom stereocenters. The number of hydrogen-bond acceptors (Lipinski definition) is 3. The Hall–Kier alpha value is -2.16. The van der Waals surface area contributed by atoms with Crippen LogP contribution in [0.5, 0.6) is 5.75 Å². The van der Waals surface area contributed by atoms with Crippen molar-refractivity contribution in [2.45, 2.75) is 57.8 Å². The number of ketones is 2. The molecule has 0 spiro atoms. The van der Waals surface area contributed by atoms with Crippen molar-refractivity contribution < 1.29 is 14.3 Å². The Bertz CT molecular complexity index is 904. The van der Waals surface area contributed by atoms with Crippen LogP contribution in [0, 0.1) is 17.3 Å². The normalized spacial score (nSPS) is 34.5. The summed E-state index contributed by atoms with van der Waals surface area (Å²) < 4.78 is 5.35. The van der Waals surface area contributed by atoms with Gasteiger partial charge in [-0.1, -0.05) is 24.6 Å². The topological polar surface area (TPSA) is 43.4 Å². The molecule has 3 nitrogen and oxygen atoms in total. The summed E-state index contributed by atoms with van der Waals surface area (Å²) in [6, 6.07) is 8.40. The molecule has 3 heteroatoms. The SMILES string of the molecule is COc1ccc([C@H]2C[C@]3(C)C(=O)CC[C@H]3[C@@H]3CCC4=CC(=O)CCC4=C32)cc1. The van der Waals surface area contributed by atoms with Crippen LogP contribution in [0.2, 0.25) is 0 Å². The predicted octanol–water partition coefficient (Wildman–Crippen LogP) is 5.16. The van der Waals surface area contributed by atoms with Crippen LogP contribution in [0.1, 0.15) is 63.4 Å². The van der Waals surface area contributed by atoms with Gasteiger partial charge in [0.15, 0.2) is 5.78 Å². The van der Waals surface area contributed by atoms with Crippen molar-refractivity contribution in [1.29, 1.82) is 0 Å². The lowest BCUT2D eigenvalue weighted by Gasteiger charge is -2.50. The number of carbonyl (C=O) groups is 2. The van der Waals surface area contributed by atoms with Crippen molar-refractivity contribution in [3.05, 3.63) is 52.6 Å². The van der Waals surface area contributed by atoms with Crippen molar-refractivity contribution >= 4 is 11.6 Å². The molecule has 5 rings (SSSR count). The van der Waals surface area contributed by atoms with Gasteiger partial charge in [-0.15, -0.1) is 0 Å². The molecule has 2 saturated carbocycles. The lowest BCUT2D eigenvalue weighted by molar-refractivity contribution is -0.128. The molecule has 1 aromatic rings. The van der Waals surface area contributed by atoms with E-state index in [9.17, 15) is 9.59 Å². The second-order valence-electron chi connectivity index (χ2n) is 9.23. The third kappa shape index (κ3) is 2.55. The Morgan fingerprint density at radius 1 is 1.00 bits per heavy atom. The van der Waals surface area contributed by atoms with Gasteiger partial charge in [0.1, 0.15) is 11.5 Å². The molecule has 4 aliphatic rings. The fourth-order valence-corrected chi connectivity index (χ4v) is 6.57. The summed E-state index contributed by atoms with van der Waals surface area (Å²) in [6.45, 7) is 2.22. The maximum absolute atomic E-state index is 12.9. The summed E-state index contributed by atoms with van der Waals surface area (Å²) in [5.41, 5.74) is 5.34. The van der Waals surface area contributed by atoms with Gasteiger partial charge in [0.2, 0.25) is 0 Å². The number of ether oxygens (including phenoxy) is 1. The van der Waals surface area contributed by atoms with Gasteiger partial charge in [0, 0.05) is 24.2 Å². The summed E-state index contributed by atoms with van der Waals surface area (Å²) in [4.78, 5) is 24.9. The molecule has 2 fully saturated rings. The molecule has 0 radical (unpaired) electrons. The largest absolute Gasteiger partial charge is 0.497 e. The quantitative estimate of drug-likeness (QED) is 0.716. The average molecular weight is 376 g/mol. The standard InChI is InChI=1S/C25H28O3/c1-25-14-21(15-3-7-18(28-2)8-4-15)24-19-10-6-17(26)13-16(19)5-9-20(24)22(25)11-12-23(25)27/h3-4,7-8,13,20-22H,5-6,9-12,14H2,1-2H3/t20-,21+,22-,25-/m0/s1. The molecule has 0 heterocycles. The van der Waals surface area contributed by atoms with E-state index in [0.29, 0.717) is 24.0 Å². The van der Waals surface area contributed by atoms with Crippen LogP contribution in [-0.2, 0) is 9.59 Å². The minimum absolute atomic E-state index is 0.203. The highest BCUT2D eigenvalue weighted by Crippen LogP contribution is 2.62. The van der Waals surface area contributed by atoms with Crippen molar-refractivity contribution in [3.8, 4) is 5.75 Å². The van der Waals surface area contributed by atoms with Crippen LogP contribution in [-0.4, -0.2) is 18.7 Å². The molecule has 1 aromatic carbocycles. The molecule has 0 unspecified atom stereocenters. The Balaban J connectivity index is 1.67. The van der Waals surface area contributed by atoms with E-state index < -0.39 is 0 Å². The predicted molar refractivity (Wildman–Crippen MR) is 108 cm³/mol. The molecular weight excluding hydrogens is 348 g/mol. The Morgan fingerprint density at radius 2 is 1.79 bits per heavy atom. The van der Waals surface area contributed by atoms with Gasteiger partial charge in [-0.05, 0) is 78.9 Å². The average Bonchev–Trinajstić information content (AvgIpc) is 3.01. The summed E-state index contributed by atoms with van der Waals surface area (Å²) >= 11 is 0. The monoisotopic (exact) mass is 376 g/mol. The van der Waals surface area contributed by atoms with Crippen LogP contribution in [0.3, 0.4) is 0 Å². The zero-order valence-corrected chi connectivity index (χ0v) is 16.8.